The summed E-state index contributed by atoms with van der Waals surface area (Å²) in [7, 11) is 0. The van der Waals surface area contributed by atoms with E-state index in [4.69, 9.17) is 20.5 Å². The number of aliphatic hydroxyl groups excluding tert-OH is 2. The molecule has 0 spiro atoms. The average Bonchev–Trinajstić information content (AvgIpc) is 1.65. The highest BCUT2D eigenvalue weighted by Crippen LogP contribution is 1.78. The third kappa shape index (κ3) is 2.49. The molecule has 0 bridgehead atoms. The first-order valence-electron chi connectivity index (χ1n) is 1.62. The lowest BCUT2D eigenvalue weighted by atomic mass is 10.6. The summed E-state index contributed by atoms with van der Waals surface area (Å²) >= 11 is 0. The lowest BCUT2D eigenvalue weighted by molar-refractivity contribution is -0.166. The molecule has 5 nitrogen and oxygen atoms in total. The first kappa shape index (κ1) is 6.80. The van der Waals surface area contributed by atoms with Crippen LogP contribution in [-0.2, 0) is 0 Å². The highest BCUT2D eigenvalue weighted by atomic mass is 16.5. The minimum absolute atomic E-state index is 1.22. The fourth-order valence-electron chi connectivity index (χ4n) is 0.0667. The molecule has 0 aliphatic heterocycles. The molecular formula is C2H7NO4. The van der Waals surface area contributed by atoms with Crippen LogP contribution in [0.15, 0.2) is 0 Å². The average molecular weight is 109 g/mol. The lowest BCUT2D eigenvalue weighted by Gasteiger charge is -2.07. The Morgan fingerprint density at radius 2 is 1.57 bits per heavy atom. The SMILES string of the molecule is ON[C@H](O)C(O)O. The molecule has 0 aromatic rings. The van der Waals surface area contributed by atoms with Gasteiger partial charge in [0.2, 0.25) is 0 Å². The smallest absolute Gasteiger partial charge is 0.194 e. The highest BCUT2D eigenvalue weighted by molar-refractivity contribution is 4.41. The van der Waals surface area contributed by atoms with E-state index in [1.54, 1.807) is 0 Å². The Bertz CT molecular complexity index is 47.0. The summed E-state index contributed by atoms with van der Waals surface area (Å²) in [6.07, 6.45) is -3.62. The first-order valence-corrected chi connectivity index (χ1v) is 1.62. The summed E-state index contributed by atoms with van der Waals surface area (Å²) in [6, 6.07) is 0. The molecule has 0 aromatic carbocycles. The van der Waals surface area contributed by atoms with Gasteiger partial charge in [-0.25, -0.2) is 0 Å². The van der Waals surface area contributed by atoms with Crippen molar-refractivity contribution in [2.75, 3.05) is 0 Å². The molecular weight excluding hydrogens is 102 g/mol. The third-order valence-electron chi connectivity index (χ3n) is 0.415. The highest BCUT2D eigenvalue weighted by Gasteiger charge is 2.08. The van der Waals surface area contributed by atoms with Crippen LogP contribution in [0.2, 0.25) is 0 Å². The molecule has 0 aromatic heterocycles. The normalized spacial score (nSPS) is 15.0. The molecule has 44 valence electrons. The van der Waals surface area contributed by atoms with Crippen LogP contribution < -0.4 is 5.48 Å². The molecule has 0 aliphatic rings. The predicted molar refractivity (Wildman–Crippen MR) is 19.2 cm³/mol. The van der Waals surface area contributed by atoms with Crippen molar-refractivity contribution in [3.63, 3.8) is 0 Å². The molecule has 1 atom stereocenters. The molecule has 7 heavy (non-hydrogen) atoms. The minimum Gasteiger partial charge on any atom is -0.372 e. The van der Waals surface area contributed by atoms with Crippen LogP contribution in [0.3, 0.4) is 0 Å². The fourth-order valence-corrected chi connectivity index (χ4v) is 0.0667. The van der Waals surface area contributed by atoms with Gasteiger partial charge in [-0.15, -0.1) is 0 Å². The molecule has 5 heteroatoms. The maximum absolute atomic E-state index is 8.07. The summed E-state index contributed by atoms with van der Waals surface area (Å²) in [4.78, 5) is 0. The van der Waals surface area contributed by atoms with Crippen LogP contribution in [0, 0.1) is 0 Å². The number of aliphatic hydroxyl groups is 3. The Balaban J connectivity index is 3.14. The summed E-state index contributed by atoms with van der Waals surface area (Å²) in [5.74, 6) is 0. The largest absolute Gasteiger partial charge is 0.372 e. The Kier molecular flexibility index (Phi) is 2.81. The second-order valence-corrected chi connectivity index (χ2v) is 0.988. The fraction of sp³-hybridized carbons (Fsp3) is 1.00. The van der Waals surface area contributed by atoms with Crippen molar-refractivity contribution < 1.29 is 20.5 Å². The zero-order valence-corrected chi connectivity index (χ0v) is 3.44. The van der Waals surface area contributed by atoms with Gasteiger partial charge in [-0.2, -0.15) is 5.48 Å². The van der Waals surface area contributed by atoms with Gasteiger partial charge in [0.15, 0.2) is 12.5 Å². The topological polar surface area (TPSA) is 93.0 Å². The number of rotatable bonds is 2. The Morgan fingerprint density at radius 1 is 1.14 bits per heavy atom. The third-order valence-corrected chi connectivity index (χ3v) is 0.415. The zero-order valence-electron chi connectivity index (χ0n) is 3.44. The van der Waals surface area contributed by atoms with E-state index in [9.17, 15) is 0 Å². The predicted octanol–water partition coefficient (Wildman–Crippen LogP) is -2.41. The van der Waals surface area contributed by atoms with Gasteiger partial charge >= 0.3 is 0 Å². The molecule has 0 radical (unpaired) electrons. The quantitative estimate of drug-likeness (QED) is 0.201. The number of hydrogen-bond donors (Lipinski definition) is 5. The number of hydrogen-bond acceptors (Lipinski definition) is 5. The van der Waals surface area contributed by atoms with Crippen molar-refractivity contribution in [1.82, 2.24) is 5.48 Å². The zero-order chi connectivity index (χ0) is 5.86. The van der Waals surface area contributed by atoms with E-state index in [1.807, 2.05) is 0 Å². The van der Waals surface area contributed by atoms with Gasteiger partial charge in [-0.1, -0.05) is 0 Å². The van der Waals surface area contributed by atoms with Crippen molar-refractivity contribution in [2.45, 2.75) is 12.5 Å². The van der Waals surface area contributed by atoms with E-state index in [1.165, 1.54) is 5.48 Å². The van der Waals surface area contributed by atoms with Gasteiger partial charge in [-0.05, 0) is 0 Å². The molecule has 0 rings (SSSR count). The molecule has 0 aliphatic carbocycles. The van der Waals surface area contributed by atoms with Gasteiger partial charge in [-0.3, -0.25) is 0 Å². The number of nitrogens with one attached hydrogen (secondary N) is 1. The van der Waals surface area contributed by atoms with Crippen LogP contribution >= 0.6 is 0 Å². The second-order valence-electron chi connectivity index (χ2n) is 0.988. The van der Waals surface area contributed by atoms with E-state index >= 15 is 0 Å². The van der Waals surface area contributed by atoms with Crippen LogP contribution in [0.25, 0.3) is 0 Å². The van der Waals surface area contributed by atoms with Gasteiger partial charge < -0.3 is 20.5 Å². The van der Waals surface area contributed by atoms with Gasteiger partial charge in [0.25, 0.3) is 0 Å². The Hall–Kier alpha value is -0.200. The summed E-state index contributed by atoms with van der Waals surface area (Å²) in [6.45, 7) is 0. The van der Waals surface area contributed by atoms with Crippen molar-refractivity contribution in [1.29, 1.82) is 0 Å². The Morgan fingerprint density at radius 3 is 1.57 bits per heavy atom. The van der Waals surface area contributed by atoms with Crippen molar-refractivity contribution in [3.05, 3.63) is 0 Å². The van der Waals surface area contributed by atoms with Gasteiger partial charge in [0.1, 0.15) is 0 Å². The molecule has 0 amide bonds. The van der Waals surface area contributed by atoms with Crippen LogP contribution in [0.5, 0.6) is 0 Å². The second kappa shape index (κ2) is 2.89. The van der Waals surface area contributed by atoms with Crippen LogP contribution in [-0.4, -0.2) is 33.0 Å². The lowest BCUT2D eigenvalue weighted by Crippen LogP contribution is -2.37. The maximum Gasteiger partial charge on any atom is 0.194 e. The molecule has 0 heterocycles. The van der Waals surface area contributed by atoms with E-state index in [0.29, 0.717) is 0 Å². The molecule has 0 saturated heterocycles. The maximum atomic E-state index is 8.07. The summed E-state index contributed by atoms with van der Waals surface area (Å²) in [5, 5.41) is 31.6. The molecule has 5 N–H and O–H groups in total. The van der Waals surface area contributed by atoms with Crippen LogP contribution in [0.1, 0.15) is 0 Å². The standard InChI is InChI=1S/C2H7NO4/c4-1(3-7)2(5)6/h1-7H/t1-/m1/s1. The molecule has 0 fully saturated rings. The molecule has 0 saturated carbocycles. The summed E-state index contributed by atoms with van der Waals surface area (Å²) in [5.41, 5.74) is 1.22. The Labute approximate surface area is 39.8 Å². The van der Waals surface area contributed by atoms with Gasteiger partial charge in [0, 0.05) is 0 Å². The summed E-state index contributed by atoms with van der Waals surface area (Å²) < 4.78 is 0. The first-order chi connectivity index (χ1) is 3.18. The van der Waals surface area contributed by atoms with Crippen molar-refractivity contribution in [2.24, 2.45) is 0 Å². The van der Waals surface area contributed by atoms with E-state index in [-0.39, 0.29) is 0 Å². The van der Waals surface area contributed by atoms with Crippen molar-refractivity contribution in [3.8, 4) is 0 Å². The van der Waals surface area contributed by atoms with Crippen molar-refractivity contribution >= 4 is 0 Å². The van der Waals surface area contributed by atoms with Crippen LogP contribution in [0.4, 0.5) is 0 Å². The monoisotopic (exact) mass is 109 g/mol. The van der Waals surface area contributed by atoms with E-state index in [2.05, 4.69) is 0 Å². The van der Waals surface area contributed by atoms with E-state index < -0.39 is 12.5 Å². The van der Waals surface area contributed by atoms with Gasteiger partial charge in [0.05, 0.1) is 0 Å². The minimum atomic E-state index is -1.94. The molecule has 0 unspecified atom stereocenters. The van der Waals surface area contributed by atoms with E-state index in [0.717, 1.165) is 0 Å². The number of hydroxylamine groups is 1.